The molecule has 2 heteroatoms. The minimum atomic E-state index is 0.980. The van der Waals surface area contributed by atoms with Gasteiger partial charge in [-0.05, 0) is 42.7 Å². The highest BCUT2D eigenvalue weighted by atomic mass is 15.1. The number of fused-ring (bicyclic) bond motifs is 1. The first-order valence-electron chi connectivity index (χ1n) is 6.42. The summed E-state index contributed by atoms with van der Waals surface area (Å²) in [6, 6.07) is 14.6. The fourth-order valence-electron chi connectivity index (χ4n) is 2.16. The number of benzene rings is 2. The molecule has 0 aliphatic carbocycles. The fraction of sp³-hybridized carbons (Fsp3) is 0.118. The first-order chi connectivity index (χ1) is 9.24. The predicted molar refractivity (Wildman–Crippen MR) is 80.9 cm³/mol. The maximum Gasteiger partial charge on any atom is 0.0927 e. The maximum absolute atomic E-state index is 4.34. The Morgan fingerprint density at radius 3 is 2.63 bits per heavy atom. The van der Waals surface area contributed by atoms with E-state index in [0.29, 0.717) is 0 Å². The summed E-state index contributed by atoms with van der Waals surface area (Å²) in [5, 5.41) is 8.54. The Morgan fingerprint density at radius 1 is 0.947 bits per heavy atom. The van der Waals surface area contributed by atoms with E-state index < -0.39 is 0 Å². The number of hydrogen-bond acceptors (Lipinski definition) is 1. The molecule has 0 radical (unpaired) electrons. The molecule has 0 amide bonds. The van der Waals surface area contributed by atoms with Crippen molar-refractivity contribution in [3.8, 4) is 0 Å². The highest BCUT2D eigenvalue weighted by molar-refractivity contribution is 5.89. The Labute approximate surface area is 112 Å². The number of para-hydroxylation sites is 1. The molecule has 1 N–H and O–H groups in total. The molecule has 3 aromatic rings. The standard InChI is InChI=1S/C17H16N2/c1-12-7-8-14(11-13(12)2)9-10-17-15-5-3-4-6-16(15)18-19-17/h3-11H,1-2H3,(H,18,19)/b10-9+. The number of nitrogens with one attached hydrogen (secondary N) is 1. The number of aromatic amines is 1. The highest BCUT2D eigenvalue weighted by Crippen LogP contribution is 2.18. The molecule has 0 fully saturated rings. The second kappa shape index (κ2) is 4.73. The molecule has 1 aromatic heterocycles. The van der Waals surface area contributed by atoms with Gasteiger partial charge in [-0.2, -0.15) is 5.10 Å². The van der Waals surface area contributed by atoms with Gasteiger partial charge in [-0.15, -0.1) is 0 Å². The van der Waals surface area contributed by atoms with Crippen LogP contribution in [-0.4, -0.2) is 10.2 Å². The number of hydrogen-bond donors (Lipinski definition) is 1. The van der Waals surface area contributed by atoms with Crippen LogP contribution in [0.5, 0.6) is 0 Å². The number of nitrogens with zero attached hydrogens (tertiary/aromatic N) is 1. The summed E-state index contributed by atoms with van der Waals surface area (Å²) in [6.45, 7) is 4.26. The third-order valence-corrected chi connectivity index (χ3v) is 3.46. The maximum atomic E-state index is 4.34. The van der Waals surface area contributed by atoms with Crippen molar-refractivity contribution >= 4 is 23.1 Å². The number of rotatable bonds is 2. The van der Waals surface area contributed by atoms with Gasteiger partial charge in [-0.1, -0.05) is 42.5 Å². The van der Waals surface area contributed by atoms with Gasteiger partial charge in [-0.25, -0.2) is 0 Å². The molecule has 3 rings (SSSR count). The molecule has 0 aliphatic rings. The number of aryl methyl sites for hydroxylation is 2. The summed E-state index contributed by atoms with van der Waals surface area (Å²) < 4.78 is 0. The molecule has 0 saturated carbocycles. The number of aromatic nitrogens is 2. The molecule has 0 bridgehead atoms. The summed E-state index contributed by atoms with van der Waals surface area (Å²) in [6.07, 6.45) is 4.16. The number of H-pyrrole nitrogens is 1. The molecule has 0 unspecified atom stereocenters. The molecule has 0 spiro atoms. The molecular formula is C17H16N2. The average Bonchev–Trinajstić information content (AvgIpc) is 2.83. The van der Waals surface area contributed by atoms with E-state index >= 15 is 0 Å². The molecule has 19 heavy (non-hydrogen) atoms. The summed E-state index contributed by atoms with van der Waals surface area (Å²) in [7, 11) is 0. The van der Waals surface area contributed by atoms with Crippen LogP contribution in [0.15, 0.2) is 42.5 Å². The van der Waals surface area contributed by atoms with Gasteiger partial charge < -0.3 is 0 Å². The first-order valence-corrected chi connectivity index (χ1v) is 6.42. The minimum Gasteiger partial charge on any atom is -0.277 e. The van der Waals surface area contributed by atoms with E-state index in [1.54, 1.807) is 0 Å². The van der Waals surface area contributed by atoms with E-state index in [4.69, 9.17) is 0 Å². The van der Waals surface area contributed by atoms with Gasteiger partial charge in [0, 0.05) is 5.39 Å². The van der Waals surface area contributed by atoms with Crippen molar-refractivity contribution in [1.82, 2.24) is 10.2 Å². The van der Waals surface area contributed by atoms with E-state index in [2.05, 4.69) is 60.5 Å². The van der Waals surface area contributed by atoms with Gasteiger partial charge in [0.15, 0.2) is 0 Å². The lowest BCUT2D eigenvalue weighted by Gasteiger charge is -2.00. The second-order valence-electron chi connectivity index (χ2n) is 4.83. The lowest BCUT2D eigenvalue weighted by molar-refractivity contribution is 1.11. The average molecular weight is 248 g/mol. The van der Waals surface area contributed by atoms with Gasteiger partial charge in [0.25, 0.3) is 0 Å². The van der Waals surface area contributed by atoms with Gasteiger partial charge in [0.05, 0.1) is 11.2 Å². The SMILES string of the molecule is Cc1ccc(/C=C/c2n[nH]c3ccccc23)cc1C. The van der Waals surface area contributed by atoms with Gasteiger partial charge in [0.1, 0.15) is 0 Å². The lowest BCUT2D eigenvalue weighted by Crippen LogP contribution is -1.81. The van der Waals surface area contributed by atoms with Crippen LogP contribution in [0.2, 0.25) is 0 Å². The van der Waals surface area contributed by atoms with Crippen LogP contribution in [0.3, 0.4) is 0 Å². The Morgan fingerprint density at radius 2 is 1.79 bits per heavy atom. The second-order valence-corrected chi connectivity index (χ2v) is 4.83. The normalized spacial score (nSPS) is 11.5. The summed E-state index contributed by atoms with van der Waals surface area (Å²) in [5.74, 6) is 0. The molecule has 0 atom stereocenters. The van der Waals surface area contributed by atoms with Crippen molar-refractivity contribution in [2.45, 2.75) is 13.8 Å². The lowest BCUT2D eigenvalue weighted by atomic mass is 10.1. The van der Waals surface area contributed by atoms with Gasteiger partial charge >= 0.3 is 0 Å². The zero-order chi connectivity index (χ0) is 13.2. The van der Waals surface area contributed by atoms with Crippen LogP contribution in [0.4, 0.5) is 0 Å². The van der Waals surface area contributed by atoms with Crippen molar-refractivity contribution in [2.24, 2.45) is 0 Å². The quantitative estimate of drug-likeness (QED) is 0.717. The summed E-state index contributed by atoms with van der Waals surface area (Å²) in [5.41, 5.74) is 5.89. The highest BCUT2D eigenvalue weighted by Gasteiger charge is 2.00. The van der Waals surface area contributed by atoms with E-state index in [0.717, 1.165) is 16.6 Å². The summed E-state index contributed by atoms with van der Waals surface area (Å²) in [4.78, 5) is 0. The van der Waals surface area contributed by atoms with Crippen LogP contribution in [0.1, 0.15) is 22.4 Å². The third kappa shape index (κ3) is 2.29. The van der Waals surface area contributed by atoms with Gasteiger partial charge in [0.2, 0.25) is 0 Å². The molecule has 0 saturated heterocycles. The zero-order valence-electron chi connectivity index (χ0n) is 11.1. The third-order valence-electron chi connectivity index (χ3n) is 3.46. The van der Waals surface area contributed by atoms with Crippen LogP contribution in [0, 0.1) is 13.8 Å². The fourth-order valence-corrected chi connectivity index (χ4v) is 2.16. The van der Waals surface area contributed by atoms with Crippen LogP contribution >= 0.6 is 0 Å². The van der Waals surface area contributed by atoms with E-state index in [-0.39, 0.29) is 0 Å². The largest absolute Gasteiger partial charge is 0.277 e. The Kier molecular flexibility index (Phi) is 2.92. The Bertz CT molecular complexity index is 751. The minimum absolute atomic E-state index is 0.980. The van der Waals surface area contributed by atoms with E-state index in [1.807, 2.05) is 18.2 Å². The van der Waals surface area contributed by atoms with Crippen molar-refractivity contribution in [3.05, 3.63) is 64.8 Å². The van der Waals surface area contributed by atoms with Crippen LogP contribution in [0.25, 0.3) is 23.1 Å². The molecule has 1 heterocycles. The molecular weight excluding hydrogens is 232 g/mol. The van der Waals surface area contributed by atoms with E-state index in [1.165, 1.54) is 16.7 Å². The van der Waals surface area contributed by atoms with Crippen molar-refractivity contribution in [1.29, 1.82) is 0 Å². The molecule has 2 aromatic carbocycles. The van der Waals surface area contributed by atoms with Gasteiger partial charge in [-0.3, -0.25) is 5.10 Å². The zero-order valence-corrected chi connectivity index (χ0v) is 11.1. The van der Waals surface area contributed by atoms with Crippen molar-refractivity contribution in [2.75, 3.05) is 0 Å². The Balaban J connectivity index is 1.96. The van der Waals surface area contributed by atoms with Crippen LogP contribution in [-0.2, 0) is 0 Å². The molecule has 0 aliphatic heterocycles. The van der Waals surface area contributed by atoms with Crippen molar-refractivity contribution < 1.29 is 0 Å². The van der Waals surface area contributed by atoms with E-state index in [9.17, 15) is 0 Å². The topological polar surface area (TPSA) is 28.7 Å². The smallest absolute Gasteiger partial charge is 0.0927 e. The molecule has 94 valence electrons. The predicted octanol–water partition coefficient (Wildman–Crippen LogP) is 4.35. The van der Waals surface area contributed by atoms with Crippen molar-refractivity contribution in [3.63, 3.8) is 0 Å². The first kappa shape index (κ1) is 11.7. The summed E-state index contributed by atoms with van der Waals surface area (Å²) >= 11 is 0. The monoisotopic (exact) mass is 248 g/mol. The molecule has 2 nitrogen and oxygen atoms in total. The Hall–Kier alpha value is -2.35. The van der Waals surface area contributed by atoms with Crippen LogP contribution < -0.4 is 0 Å².